The molecule has 124 valence electrons. The van der Waals surface area contributed by atoms with Crippen LogP contribution in [0.4, 0.5) is 0 Å². The summed E-state index contributed by atoms with van der Waals surface area (Å²) in [7, 11) is 1.63. The minimum absolute atomic E-state index is 0. The number of ether oxygens (including phenoxy) is 1. The molecule has 1 rings (SSSR count). The summed E-state index contributed by atoms with van der Waals surface area (Å²) in [5.41, 5.74) is 7.43. The van der Waals surface area contributed by atoms with Gasteiger partial charge in [0.05, 0.1) is 13.2 Å². The Morgan fingerprint density at radius 1 is 1.45 bits per heavy atom. The van der Waals surface area contributed by atoms with E-state index in [1.54, 1.807) is 13.2 Å². The highest BCUT2D eigenvalue weighted by Gasteiger charge is 2.04. The van der Waals surface area contributed by atoms with Crippen molar-refractivity contribution in [2.75, 3.05) is 26.8 Å². The fraction of sp³-hybridized carbons (Fsp3) is 0.467. The van der Waals surface area contributed by atoms with Gasteiger partial charge in [0.25, 0.3) is 5.91 Å². The monoisotopic (exact) mass is 420 g/mol. The zero-order valence-corrected chi connectivity index (χ0v) is 15.6. The van der Waals surface area contributed by atoms with E-state index in [4.69, 9.17) is 10.5 Å². The van der Waals surface area contributed by atoms with Gasteiger partial charge in [0, 0.05) is 25.3 Å². The van der Waals surface area contributed by atoms with E-state index in [-0.39, 0.29) is 35.9 Å². The molecule has 0 saturated carbocycles. The molecule has 0 aliphatic heterocycles. The standard InChI is InChI=1S/C15H24N4O2.HI/c1-11-5-4-6-13(9-11)14(20)17-7-8-18-15(16)19-12(2)10-21-3;/h4-6,9,12H,7-8,10H2,1-3H3,(H,17,20)(H3,16,18,19);1H. The first kappa shape index (κ1) is 20.6. The Hall–Kier alpha value is -1.35. The molecule has 4 N–H and O–H groups in total. The van der Waals surface area contributed by atoms with Gasteiger partial charge in [-0.05, 0) is 26.0 Å². The first-order valence-electron chi connectivity index (χ1n) is 6.93. The number of nitrogens with zero attached hydrogens (tertiary/aromatic N) is 1. The minimum atomic E-state index is -0.104. The van der Waals surface area contributed by atoms with Gasteiger partial charge in [-0.2, -0.15) is 0 Å². The van der Waals surface area contributed by atoms with Gasteiger partial charge in [-0.3, -0.25) is 9.79 Å². The Balaban J connectivity index is 0.00000441. The summed E-state index contributed by atoms with van der Waals surface area (Å²) in [4.78, 5) is 16.0. The second-order valence-corrected chi connectivity index (χ2v) is 4.89. The number of methoxy groups -OCH3 is 1. The molecule has 6 nitrogen and oxygen atoms in total. The van der Waals surface area contributed by atoms with Crippen molar-refractivity contribution < 1.29 is 9.53 Å². The largest absolute Gasteiger partial charge is 0.383 e. The minimum Gasteiger partial charge on any atom is -0.383 e. The number of halogens is 1. The quantitative estimate of drug-likeness (QED) is 0.269. The van der Waals surface area contributed by atoms with E-state index >= 15 is 0 Å². The molecule has 1 unspecified atom stereocenters. The van der Waals surface area contributed by atoms with Crippen LogP contribution in [0.1, 0.15) is 22.8 Å². The molecule has 0 heterocycles. The van der Waals surface area contributed by atoms with Gasteiger partial charge in [0.1, 0.15) is 0 Å². The first-order valence-corrected chi connectivity index (χ1v) is 6.93. The van der Waals surface area contributed by atoms with Crippen LogP contribution in [0.2, 0.25) is 0 Å². The van der Waals surface area contributed by atoms with Crippen molar-refractivity contribution in [3.63, 3.8) is 0 Å². The predicted octanol–water partition coefficient (Wildman–Crippen LogP) is 1.28. The molecule has 1 aromatic carbocycles. The molecule has 22 heavy (non-hydrogen) atoms. The molecular weight excluding hydrogens is 395 g/mol. The van der Waals surface area contributed by atoms with Crippen LogP contribution in [0, 0.1) is 6.92 Å². The SMILES string of the molecule is COCC(C)NC(N)=NCCNC(=O)c1cccc(C)c1.I. The van der Waals surface area contributed by atoms with Crippen LogP contribution in [-0.2, 0) is 4.74 Å². The van der Waals surface area contributed by atoms with Crippen LogP contribution in [-0.4, -0.2) is 44.7 Å². The highest BCUT2D eigenvalue weighted by molar-refractivity contribution is 14.0. The van der Waals surface area contributed by atoms with Crippen LogP contribution in [0.3, 0.4) is 0 Å². The van der Waals surface area contributed by atoms with E-state index in [2.05, 4.69) is 15.6 Å². The Kier molecular flexibility index (Phi) is 10.6. The molecule has 0 aliphatic rings. The molecule has 1 aromatic rings. The van der Waals surface area contributed by atoms with Crippen molar-refractivity contribution in [2.45, 2.75) is 19.9 Å². The van der Waals surface area contributed by atoms with Crippen molar-refractivity contribution in [3.8, 4) is 0 Å². The molecule has 0 fully saturated rings. The van der Waals surface area contributed by atoms with Gasteiger partial charge >= 0.3 is 0 Å². The molecular formula is C15H25IN4O2. The Morgan fingerprint density at radius 3 is 2.82 bits per heavy atom. The molecule has 0 spiro atoms. The third kappa shape index (κ3) is 8.18. The van der Waals surface area contributed by atoms with Gasteiger partial charge < -0.3 is 21.1 Å². The number of carbonyl (C=O) groups excluding carboxylic acids is 1. The number of hydrogen-bond acceptors (Lipinski definition) is 3. The van der Waals surface area contributed by atoms with Crippen LogP contribution in [0.15, 0.2) is 29.3 Å². The Morgan fingerprint density at radius 2 is 2.18 bits per heavy atom. The molecule has 0 aromatic heterocycles. The lowest BCUT2D eigenvalue weighted by molar-refractivity contribution is 0.0954. The fourth-order valence-electron chi connectivity index (χ4n) is 1.82. The number of carbonyl (C=O) groups is 1. The number of amides is 1. The molecule has 1 amide bonds. The summed E-state index contributed by atoms with van der Waals surface area (Å²) in [6, 6.07) is 7.55. The normalized spacial score (nSPS) is 12.2. The maximum absolute atomic E-state index is 11.9. The van der Waals surface area contributed by atoms with E-state index in [1.165, 1.54) is 0 Å². The number of guanidine groups is 1. The smallest absolute Gasteiger partial charge is 0.251 e. The number of nitrogens with two attached hydrogens (primary N) is 1. The second-order valence-electron chi connectivity index (χ2n) is 4.89. The number of hydrogen-bond donors (Lipinski definition) is 3. The summed E-state index contributed by atoms with van der Waals surface area (Å²) < 4.78 is 4.99. The average Bonchev–Trinajstić information content (AvgIpc) is 2.43. The van der Waals surface area contributed by atoms with Crippen molar-refractivity contribution >= 4 is 35.8 Å². The Labute approximate surface area is 148 Å². The number of aliphatic imine (C=N–C) groups is 1. The molecule has 1 atom stereocenters. The summed E-state index contributed by atoms with van der Waals surface area (Å²) in [5.74, 6) is 0.248. The van der Waals surface area contributed by atoms with E-state index in [0.29, 0.717) is 31.2 Å². The summed E-state index contributed by atoms with van der Waals surface area (Å²) >= 11 is 0. The zero-order valence-electron chi connectivity index (χ0n) is 13.3. The van der Waals surface area contributed by atoms with Crippen LogP contribution < -0.4 is 16.4 Å². The molecule has 0 aliphatic carbocycles. The van der Waals surface area contributed by atoms with Crippen molar-refractivity contribution in [1.82, 2.24) is 10.6 Å². The molecule has 7 heteroatoms. The lowest BCUT2D eigenvalue weighted by Gasteiger charge is -2.13. The van der Waals surface area contributed by atoms with Gasteiger partial charge in [-0.1, -0.05) is 17.7 Å². The third-order valence-electron chi connectivity index (χ3n) is 2.77. The fourth-order valence-corrected chi connectivity index (χ4v) is 1.82. The predicted molar refractivity (Wildman–Crippen MR) is 99.9 cm³/mol. The second kappa shape index (κ2) is 11.2. The van der Waals surface area contributed by atoms with E-state index < -0.39 is 0 Å². The maximum Gasteiger partial charge on any atom is 0.251 e. The summed E-state index contributed by atoms with van der Waals surface area (Å²) in [5, 5.41) is 5.80. The average molecular weight is 420 g/mol. The van der Waals surface area contributed by atoms with E-state index in [1.807, 2.05) is 32.0 Å². The maximum atomic E-state index is 11.9. The Bertz CT molecular complexity index is 494. The van der Waals surface area contributed by atoms with Crippen molar-refractivity contribution in [2.24, 2.45) is 10.7 Å². The first-order chi connectivity index (χ1) is 10.0. The lowest BCUT2D eigenvalue weighted by Crippen LogP contribution is -2.41. The lowest BCUT2D eigenvalue weighted by atomic mass is 10.1. The van der Waals surface area contributed by atoms with Crippen LogP contribution >= 0.6 is 24.0 Å². The van der Waals surface area contributed by atoms with Gasteiger partial charge in [-0.15, -0.1) is 24.0 Å². The summed E-state index contributed by atoms with van der Waals surface area (Å²) in [6.45, 7) is 5.32. The summed E-state index contributed by atoms with van der Waals surface area (Å²) in [6.07, 6.45) is 0. The highest BCUT2D eigenvalue weighted by Crippen LogP contribution is 2.03. The zero-order chi connectivity index (χ0) is 15.7. The van der Waals surface area contributed by atoms with E-state index in [0.717, 1.165) is 5.56 Å². The van der Waals surface area contributed by atoms with Crippen LogP contribution in [0.5, 0.6) is 0 Å². The van der Waals surface area contributed by atoms with Gasteiger partial charge in [0.15, 0.2) is 5.96 Å². The molecule has 0 bridgehead atoms. The molecule has 0 saturated heterocycles. The third-order valence-corrected chi connectivity index (χ3v) is 2.77. The van der Waals surface area contributed by atoms with Gasteiger partial charge in [0.2, 0.25) is 0 Å². The highest BCUT2D eigenvalue weighted by atomic mass is 127. The van der Waals surface area contributed by atoms with Gasteiger partial charge in [-0.25, -0.2) is 0 Å². The van der Waals surface area contributed by atoms with Crippen molar-refractivity contribution in [1.29, 1.82) is 0 Å². The molecule has 0 radical (unpaired) electrons. The topological polar surface area (TPSA) is 88.7 Å². The number of aryl methyl sites for hydroxylation is 1. The number of nitrogens with one attached hydrogen (secondary N) is 2. The number of rotatable bonds is 7. The van der Waals surface area contributed by atoms with E-state index in [9.17, 15) is 4.79 Å². The van der Waals surface area contributed by atoms with Crippen molar-refractivity contribution in [3.05, 3.63) is 35.4 Å². The number of benzene rings is 1. The van der Waals surface area contributed by atoms with Crippen LogP contribution in [0.25, 0.3) is 0 Å².